The molecule has 0 bridgehead atoms. The highest BCUT2D eigenvalue weighted by atomic mass is 35.5. The van der Waals surface area contributed by atoms with Crippen LogP contribution in [0.15, 0.2) is 59.5 Å². The average Bonchev–Trinajstić information content (AvgIpc) is 3.39. The first-order valence-electron chi connectivity index (χ1n) is 9.05. The summed E-state index contributed by atoms with van der Waals surface area (Å²) >= 11 is 5.93. The van der Waals surface area contributed by atoms with E-state index in [0.29, 0.717) is 23.9 Å². The zero-order chi connectivity index (χ0) is 18.6. The van der Waals surface area contributed by atoms with Crippen LogP contribution in [0.3, 0.4) is 0 Å². The number of benzene rings is 1. The molecular weight excluding hydrogens is 364 g/mol. The maximum absolute atomic E-state index is 12.4. The lowest BCUT2D eigenvalue weighted by molar-refractivity contribution is 0.0662. The number of furan rings is 1. The second-order valence-corrected chi connectivity index (χ2v) is 7.15. The second-order valence-electron chi connectivity index (χ2n) is 6.72. The first-order chi connectivity index (χ1) is 13.2. The Kier molecular flexibility index (Phi) is 5.27. The zero-order valence-corrected chi connectivity index (χ0v) is 15.6. The van der Waals surface area contributed by atoms with Gasteiger partial charge in [-0.25, -0.2) is 4.68 Å². The molecule has 1 atom stereocenters. The normalized spacial score (nSPS) is 17.2. The first-order valence-corrected chi connectivity index (χ1v) is 9.42. The Morgan fingerprint density at radius 1 is 1.30 bits per heavy atom. The number of carbonyl (C=O) groups excluding carboxylic acids is 1. The van der Waals surface area contributed by atoms with Crippen LogP contribution in [0, 0.1) is 0 Å². The minimum Gasteiger partial charge on any atom is -0.459 e. The number of hydrogen-bond acceptors (Lipinski definition) is 4. The molecule has 1 amide bonds. The van der Waals surface area contributed by atoms with Crippen LogP contribution < -0.4 is 5.32 Å². The van der Waals surface area contributed by atoms with Gasteiger partial charge in [-0.15, -0.1) is 0 Å². The van der Waals surface area contributed by atoms with E-state index in [1.54, 1.807) is 12.1 Å². The van der Waals surface area contributed by atoms with E-state index in [4.69, 9.17) is 16.0 Å². The number of likely N-dealkylation sites (tertiary alicyclic amines) is 1. The third-order valence-electron chi connectivity index (χ3n) is 4.76. The van der Waals surface area contributed by atoms with E-state index in [2.05, 4.69) is 10.4 Å². The number of nitrogens with zero attached hydrogens (tertiary/aromatic N) is 3. The van der Waals surface area contributed by atoms with Crippen molar-refractivity contribution in [2.45, 2.75) is 25.4 Å². The lowest BCUT2D eigenvalue weighted by Crippen LogP contribution is -2.47. The smallest absolute Gasteiger partial charge is 0.289 e. The molecule has 1 saturated heterocycles. The summed E-state index contributed by atoms with van der Waals surface area (Å²) in [7, 11) is 0. The van der Waals surface area contributed by atoms with Crippen molar-refractivity contribution in [3.05, 3.63) is 71.4 Å². The number of piperidine rings is 1. The lowest BCUT2D eigenvalue weighted by atomic mass is 10.1. The second kappa shape index (κ2) is 7.98. The predicted octanol–water partition coefficient (Wildman–Crippen LogP) is 3.51. The molecule has 1 fully saturated rings. The fourth-order valence-corrected chi connectivity index (χ4v) is 3.46. The van der Waals surface area contributed by atoms with E-state index in [9.17, 15) is 4.79 Å². The molecule has 3 heterocycles. The van der Waals surface area contributed by atoms with E-state index in [0.717, 1.165) is 30.6 Å². The van der Waals surface area contributed by atoms with Gasteiger partial charge in [-0.3, -0.25) is 4.79 Å². The Morgan fingerprint density at radius 3 is 2.93 bits per heavy atom. The van der Waals surface area contributed by atoms with Crippen LogP contribution >= 0.6 is 11.6 Å². The number of hydrogen-bond donors (Lipinski definition) is 1. The molecule has 1 aromatic carbocycles. The number of carbonyl (C=O) groups is 1. The standard InChI is InChI=1S/C20H21ClN4O2/c21-16-5-7-18(8-6-16)25-13-15(12-23-25)11-22-17-3-1-9-24(14-17)20(26)19-4-2-10-27-19/h2,4-8,10,12-13,17,22H,1,3,9,11,14H2. The molecule has 1 unspecified atom stereocenters. The monoisotopic (exact) mass is 384 g/mol. The Morgan fingerprint density at radius 2 is 2.15 bits per heavy atom. The van der Waals surface area contributed by atoms with Crippen LogP contribution in [-0.4, -0.2) is 39.7 Å². The summed E-state index contributed by atoms with van der Waals surface area (Å²) in [5, 5.41) is 8.66. The van der Waals surface area contributed by atoms with E-state index in [1.165, 1.54) is 6.26 Å². The summed E-state index contributed by atoms with van der Waals surface area (Å²) in [5.41, 5.74) is 2.07. The summed E-state index contributed by atoms with van der Waals surface area (Å²) in [6, 6.07) is 11.3. The Balaban J connectivity index is 1.33. The minimum atomic E-state index is -0.0398. The molecule has 1 aliphatic rings. The molecule has 140 valence electrons. The van der Waals surface area contributed by atoms with Crippen molar-refractivity contribution < 1.29 is 9.21 Å². The van der Waals surface area contributed by atoms with Gasteiger partial charge in [-0.2, -0.15) is 5.10 Å². The quantitative estimate of drug-likeness (QED) is 0.731. The summed E-state index contributed by atoms with van der Waals surface area (Å²) < 4.78 is 7.07. The maximum atomic E-state index is 12.4. The third-order valence-corrected chi connectivity index (χ3v) is 5.01. The fourth-order valence-electron chi connectivity index (χ4n) is 3.33. The number of rotatable bonds is 5. The molecule has 7 heteroatoms. The molecule has 3 aromatic rings. The summed E-state index contributed by atoms with van der Waals surface area (Å²) in [5.74, 6) is 0.363. The van der Waals surface area contributed by atoms with Gasteiger partial charge in [0.15, 0.2) is 5.76 Å². The molecule has 0 spiro atoms. The van der Waals surface area contributed by atoms with Gasteiger partial charge in [0.2, 0.25) is 0 Å². The van der Waals surface area contributed by atoms with Crippen molar-refractivity contribution in [3.8, 4) is 5.69 Å². The average molecular weight is 385 g/mol. The number of nitrogens with one attached hydrogen (secondary N) is 1. The minimum absolute atomic E-state index is 0.0398. The largest absolute Gasteiger partial charge is 0.459 e. The number of aromatic nitrogens is 2. The maximum Gasteiger partial charge on any atom is 0.289 e. The Labute approximate surface area is 162 Å². The van der Waals surface area contributed by atoms with Gasteiger partial charge in [0, 0.05) is 42.5 Å². The molecule has 0 radical (unpaired) electrons. The molecule has 0 saturated carbocycles. The summed E-state index contributed by atoms with van der Waals surface area (Å²) in [6.07, 6.45) is 7.42. The molecular formula is C20H21ClN4O2. The number of amides is 1. The van der Waals surface area contributed by atoms with E-state index >= 15 is 0 Å². The molecule has 2 aromatic heterocycles. The molecule has 27 heavy (non-hydrogen) atoms. The zero-order valence-electron chi connectivity index (χ0n) is 14.8. The van der Waals surface area contributed by atoms with Crippen LogP contribution in [-0.2, 0) is 6.54 Å². The fraction of sp³-hybridized carbons (Fsp3) is 0.300. The van der Waals surface area contributed by atoms with Gasteiger partial charge in [-0.1, -0.05) is 11.6 Å². The van der Waals surface area contributed by atoms with Crippen LogP contribution in [0.4, 0.5) is 0 Å². The molecule has 0 aliphatic carbocycles. The molecule has 4 rings (SSSR count). The van der Waals surface area contributed by atoms with Crippen molar-refractivity contribution in [3.63, 3.8) is 0 Å². The van der Waals surface area contributed by atoms with Crippen LogP contribution in [0.1, 0.15) is 29.0 Å². The third kappa shape index (κ3) is 4.23. The van der Waals surface area contributed by atoms with E-state index in [-0.39, 0.29) is 11.9 Å². The van der Waals surface area contributed by atoms with E-state index in [1.807, 2.05) is 46.2 Å². The van der Waals surface area contributed by atoms with Crippen LogP contribution in [0.25, 0.3) is 5.69 Å². The van der Waals surface area contributed by atoms with Crippen molar-refractivity contribution in [1.82, 2.24) is 20.0 Å². The van der Waals surface area contributed by atoms with Gasteiger partial charge in [0.1, 0.15) is 0 Å². The highest BCUT2D eigenvalue weighted by Crippen LogP contribution is 2.16. The van der Waals surface area contributed by atoms with Crippen molar-refractivity contribution >= 4 is 17.5 Å². The summed E-state index contributed by atoms with van der Waals surface area (Å²) in [4.78, 5) is 14.3. The Bertz CT molecular complexity index is 889. The van der Waals surface area contributed by atoms with Gasteiger partial charge in [0.05, 0.1) is 18.1 Å². The van der Waals surface area contributed by atoms with Crippen molar-refractivity contribution in [1.29, 1.82) is 0 Å². The Hall–Kier alpha value is -2.57. The number of halogens is 1. The van der Waals surface area contributed by atoms with Crippen LogP contribution in [0.2, 0.25) is 5.02 Å². The topological polar surface area (TPSA) is 63.3 Å². The highest BCUT2D eigenvalue weighted by molar-refractivity contribution is 6.30. The van der Waals surface area contributed by atoms with Gasteiger partial charge in [0.25, 0.3) is 5.91 Å². The van der Waals surface area contributed by atoms with Crippen molar-refractivity contribution in [2.75, 3.05) is 13.1 Å². The lowest BCUT2D eigenvalue weighted by Gasteiger charge is -2.32. The molecule has 6 nitrogen and oxygen atoms in total. The predicted molar refractivity (Wildman–Crippen MR) is 103 cm³/mol. The van der Waals surface area contributed by atoms with Crippen molar-refractivity contribution in [2.24, 2.45) is 0 Å². The summed E-state index contributed by atoms with van der Waals surface area (Å²) in [6.45, 7) is 2.16. The van der Waals surface area contributed by atoms with Gasteiger partial charge >= 0.3 is 0 Å². The van der Waals surface area contributed by atoms with Crippen LogP contribution in [0.5, 0.6) is 0 Å². The SMILES string of the molecule is O=C(c1ccco1)N1CCCC(NCc2cnn(-c3ccc(Cl)cc3)c2)C1. The van der Waals surface area contributed by atoms with E-state index < -0.39 is 0 Å². The molecule has 1 N–H and O–H groups in total. The van der Waals surface area contributed by atoms with Gasteiger partial charge in [-0.05, 0) is 49.2 Å². The highest BCUT2D eigenvalue weighted by Gasteiger charge is 2.25. The first kappa shape index (κ1) is 17.8. The van der Waals surface area contributed by atoms with Gasteiger partial charge < -0.3 is 14.6 Å². The molecule has 1 aliphatic heterocycles.